The van der Waals surface area contributed by atoms with Gasteiger partial charge in [-0.3, -0.25) is 9.55 Å². The summed E-state index contributed by atoms with van der Waals surface area (Å²) in [5.74, 6) is -0.0736. The Kier molecular flexibility index (Phi) is 2.07. The number of fused-ring (bicyclic) bond motifs is 1. The quantitative estimate of drug-likeness (QED) is 0.636. The summed E-state index contributed by atoms with van der Waals surface area (Å²) in [4.78, 5) is 16.2. The maximum atomic E-state index is 12.7. The zero-order chi connectivity index (χ0) is 11.8. The fraction of sp³-hybridized carbons (Fsp3) is 0.0909. The maximum Gasteiger partial charge on any atom is 0.235 e. The van der Waals surface area contributed by atoms with Gasteiger partial charge in [0, 0.05) is 6.20 Å². The van der Waals surface area contributed by atoms with Crippen molar-refractivity contribution < 1.29 is 4.39 Å². The van der Waals surface area contributed by atoms with Crippen molar-refractivity contribution in [3.8, 4) is 5.95 Å². The largest absolute Gasteiger partial charge is 0.267 e. The average Bonchev–Trinajstić information content (AvgIpc) is 2.75. The molecule has 3 aromatic heterocycles. The summed E-state index contributed by atoms with van der Waals surface area (Å²) < 4.78 is 14.4. The molecule has 0 bridgehead atoms. The van der Waals surface area contributed by atoms with Gasteiger partial charge in [0.1, 0.15) is 11.8 Å². The summed E-state index contributed by atoms with van der Waals surface area (Å²) in [6, 6.07) is 1.82. The van der Waals surface area contributed by atoms with Crippen LogP contribution in [0, 0.1) is 12.7 Å². The van der Waals surface area contributed by atoms with Gasteiger partial charge in [0.15, 0.2) is 5.82 Å². The van der Waals surface area contributed by atoms with Crippen molar-refractivity contribution in [1.29, 1.82) is 0 Å². The zero-order valence-corrected chi connectivity index (χ0v) is 9.00. The lowest BCUT2D eigenvalue weighted by atomic mass is 10.3. The number of hydrogen-bond acceptors (Lipinski definition) is 4. The topological polar surface area (TPSA) is 56.5 Å². The van der Waals surface area contributed by atoms with Crippen molar-refractivity contribution in [2.24, 2.45) is 0 Å². The summed E-state index contributed by atoms with van der Waals surface area (Å²) >= 11 is 0. The predicted octanol–water partition coefficient (Wildman–Crippen LogP) is 1.66. The van der Waals surface area contributed by atoms with E-state index in [9.17, 15) is 4.39 Å². The average molecular weight is 229 g/mol. The van der Waals surface area contributed by atoms with Gasteiger partial charge in [-0.25, -0.2) is 19.3 Å². The van der Waals surface area contributed by atoms with E-state index in [-0.39, 0.29) is 0 Å². The van der Waals surface area contributed by atoms with E-state index in [1.54, 1.807) is 17.1 Å². The number of nitrogens with zero attached hydrogens (tertiary/aromatic N) is 5. The number of aryl methyl sites for hydroxylation is 1. The fourth-order valence-electron chi connectivity index (χ4n) is 1.67. The van der Waals surface area contributed by atoms with Crippen molar-refractivity contribution >= 4 is 11.0 Å². The van der Waals surface area contributed by atoms with Crippen molar-refractivity contribution in [3.05, 3.63) is 42.5 Å². The van der Waals surface area contributed by atoms with E-state index in [1.165, 1.54) is 0 Å². The predicted molar refractivity (Wildman–Crippen MR) is 59.2 cm³/mol. The van der Waals surface area contributed by atoms with E-state index in [4.69, 9.17) is 0 Å². The Balaban J connectivity index is 2.24. The fourth-order valence-corrected chi connectivity index (χ4v) is 1.67. The van der Waals surface area contributed by atoms with E-state index in [2.05, 4.69) is 19.9 Å². The zero-order valence-electron chi connectivity index (χ0n) is 9.00. The third kappa shape index (κ3) is 1.54. The Morgan fingerprint density at radius 3 is 2.65 bits per heavy atom. The lowest BCUT2D eigenvalue weighted by Crippen LogP contribution is -1.99. The van der Waals surface area contributed by atoms with Crippen LogP contribution in [0.25, 0.3) is 17.0 Å². The Labute approximate surface area is 96.0 Å². The van der Waals surface area contributed by atoms with E-state index < -0.39 is 5.82 Å². The standard InChI is InChI=1S/C11H8FN5/c1-7-10-9(2-3-13-7)17(6-16-10)11-14-4-8(12)5-15-11/h2-6H,1H3. The molecule has 0 amide bonds. The molecule has 0 aliphatic rings. The first-order chi connectivity index (χ1) is 8.25. The molecular weight excluding hydrogens is 221 g/mol. The molecule has 0 unspecified atom stereocenters. The Morgan fingerprint density at radius 1 is 1.12 bits per heavy atom. The second kappa shape index (κ2) is 3.58. The third-order valence-corrected chi connectivity index (χ3v) is 2.47. The molecule has 84 valence electrons. The van der Waals surface area contributed by atoms with Crippen LogP contribution in [0.15, 0.2) is 31.0 Å². The van der Waals surface area contributed by atoms with E-state index in [0.29, 0.717) is 5.95 Å². The first kappa shape index (κ1) is 9.83. The minimum Gasteiger partial charge on any atom is -0.267 e. The maximum absolute atomic E-state index is 12.7. The van der Waals surface area contributed by atoms with Crippen LogP contribution >= 0.6 is 0 Å². The highest BCUT2D eigenvalue weighted by Gasteiger charge is 2.08. The highest BCUT2D eigenvalue weighted by Crippen LogP contribution is 2.16. The van der Waals surface area contributed by atoms with Gasteiger partial charge in [-0.2, -0.15) is 0 Å². The molecule has 0 saturated heterocycles. The van der Waals surface area contributed by atoms with Gasteiger partial charge < -0.3 is 0 Å². The Bertz CT molecular complexity index is 674. The van der Waals surface area contributed by atoms with Gasteiger partial charge in [0.2, 0.25) is 5.95 Å². The molecule has 0 saturated carbocycles. The molecule has 3 heterocycles. The van der Waals surface area contributed by atoms with Crippen LogP contribution in [-0.2, 0) is 0 Å². The molecule has 0 spiro atoms. The van der Waals surface area contributed by atoms with Gasteiger partial charge in [-0.05, 0) is 13.0 Å². The van der Waals surface area contributed by atoms with Crippen LogP contribution < -0.4 is 0 Å². The molecule has 0 fully saturated rings. The van der Waals surface area contributed by atoms with E-state index >= 15 is 0 Å². The number of halogens is 1. The van der Waals surface area contributed by atoms with Crippen molar-refractivity contribution in [2.45, 2.75) is 6.92 Å². The molecule has 3 aromatic rings. The monoisotopic (exact) mass is 229 g/mol. The molecule has 0 N–H and O–H groups in total. The van der Waals surface area contributed by atoms with Crippen molar-refractivity contribution in [3.63, 3.8) is 0 Å². The normalized spacial score (nSPS) is 10.9. The molecule has 0 atom stereocenters. The summed E-state index contributed by atoms with van der Waals surface area (Å²) in [6.45, 7) is 1.88. The van der Waals surface area contributed by atoms with Crippen molar-refractivity contribution in [1.82, 2.24) is 24.5 Å². The molecule has 0 aliphatic carbocycles. The molecule has 6 heteroatoms. The lowest BCUT2D eigenvalue weighted by molar-refractivity contribution is 0.611. The minimum absolute atomic E-state index is 0.388. The van der Waals surface area contributed by atoms with Crippen LogP contribution in [0.3, 0.4) is 0 Å². The highest BCUT2D eigenvalue weighted by atomic mass is 19.1. The molecule has 0 aromatic carbocycles. The third-order valence-electron chi connectivity index (χ3n) is 2.47. The van der Waals surface area contributed by atoms with Crippen molar-refractivity contribution in [2.75, 3.05) is 0 Å². The first-order valence-electron chi connectivity index (χ1n) is 5.02. The molecule has 0 radical (unpaired) electrons. The van der Waals surface area contributed by atoms with Crippen LogP contribution in [0.2, 0.25) is 0 Å². The second-order valence-electron chi connectivity index (χ2n) is 3.58. The van der Waals surface area contributed by atoms with Gasteiger partial charge >= 0.3 is 0 Å². The van der Waals surface area contributed by atoms with E-state index in [1.807, 2.05) is 13.0 Å². The van der Waals surface area contributed by atoms with Crippen LogP contribution in [0.5, 0.6) is 0 Å². The summed E-state index contributed by atoms with van der Waals surface area (Å²) in [5, 5.41) is 0. The first-order valence-corrected chi connectivity index (χ1v) is 5.02. The van der Waals surface area contributed by atoms with Gasteiger partial charge in [0.25, 0.3) is 0 Å². The number of aromatic nitrogens is 5. The molecular formula is C11H8FN5. The molecule has 0 aliphatic heterocycles. The van der Waals surface area contributed by atoms with Gasteiger partial charge in [0.05, 0.1) is 23.6 Å². The molecule has 5 nitrogen and oxygen atoms in total. The van der Waals surface area contributed by atoms with Crippen LogP contribution in [0.4, 0.5) is 4.39 Å². The highest BCUT2D eigenvalue weighted by molar-refractivity contribution is 5.78. The number of pyridine rings is 1. The summed E-state index contributed by atoms with van der Waals surface area (Å²) in [7, 11) is 0. The lowest BCUT2D eigenvalue weighted by Gasteiger charge is -2.01. The molecule has 17 heavy (non-hydrogen) atoms. The molecule has 3 rings (SSSR count). The smallest absolute Gasteiger partial charge is 0.235 e. The van der Waals surface area contributed by atoms with Crippen LogP contribution in [-0.4, -0.2) is 24.5 Å². The Hall–Kier alpha value is -2.37. The van der Waals surface area contributed by atoms with Crippen LogP contribution in [0.1, 0.15) is 5.69 Å². The van der Waals surface area contributed by atoms with E-state index in [0.717, 1.165) is 29.1 Å². The minimum atomic E-state index is -0.462. The number of imidazole rings is 1. The Morgan fingerprint density at radius 2 is 1.88 bits per heavy atom. The number of hydrogen-bond donors (Lipinski definition) is 0. The number of rotatable bonds is 1. The summed E-state index contributed by atoms with van der Waals surface area (Å²) in [6.07, 6.45) is 5.55. The van der Waals surface area contributed by atoms with Gasteiger partial charge in [-0.1, -0.05) is 0 Å². The SMILES string of the molecule is Cc1nccc2c1ncn2-c1ncc(F)cn1. The summed E-state index contributed by atoms with van der Waals surface area (Å²) in [5.41, 5.74) is 2.48. The van der Waals surface area contributed by atoms with Gasteiger partial charge in [-0.15, -0.1) is 0 Å². The second-order valence-corrected chi connectivity index (χ2v) is 3.58.